The molecule has 2 aliphatic carbocycles. The number of rotatable bonds is 21. The Morgan fingerprint density at radius 1 is 0.710 bits per heavy atom. The molecule has 2 saturated carbocycles. The van der Waals surface area contributed by atoms with Crippen LogP contribution in [0.5, 0.6) is 0 Å². The number of hydrogen-bond acceptors (Lipinski definition) is 9. The van der Waals surface area contributed by atoms with Gasteiger partial charge in [-0.25, -0.2) is 0 Å². The quantitative estimate of drug-likeness (QED) is 0.0606. The molecule has 1 unspecified atom stereocenters. The van der Waals surface area contributed by atoms with Crippen LogP contribution in [0.15, 0.2) is 72.8 Å². The molecule has 12 nitrogen and oxygen atoms in total. The highest BCUT2D eigenvalue weighted by molar-refractivity contribution is 6.18. The van der Waals surface area contributed by atoms with Crippen LogP contribution in [0.3, 0.4) is 0 Å². The third-order valence-electron chi connectivity index (χ3n) is 13.9. The molecule has 3 fully saturated rings. The summed E-state index contributed by atoms with van der Waals surface area (Å²) in [6.45, 7) is 0.663. The first-order valence-corrected chi connectivity index (χ1v) is 23.5. The molecule has 1 heterocycles. The van der Waals surface area contributed by atoms with E-state index in [0.717, 1.165) is 80.5 Å². The number of unbranched alkanes of at least 4 members (excludes halogenated alkanes) is 1. The fraction of sp³-hybridized carbons (Fsp3) is 0.580. The lowest BCUT2D eigenvalue weighted by atomic mass is 9.73. The number of likely N-dealkylation sites (tertiary alicyclic amines) is 1. The molecule has 1 aliphatic heterocycles. The van der Waals surface area contributed by atoms with Gasteiger partial charge in [-0.15, -0.1) is 0 Å². The first kappa shape index (κ1) is 47.0. The zero-order chi connectivity index (χ0) is 44.1. The van der Waals surface area contributed by atoms with Gasteiger partial charge < -0.3 is 38.1 Å². The van der Waals surface area contributed by atoms with Crippen LogP contribution in [0, 0.1) is 11.8 Å². The van der Waals surface area contributed by atoms with Crippen molar-refractivity contribution in [2.75, 3.05) is 20.1 Å². The van der Waals surface area contributed by atoms with Crippen molar-refractivity contribution in [3.63, 3.8) is 0 Å². The molecule has 3 amide bonds. The highest BCUT2D eigenvalue weighted by atomic mass is 16.2. The number of carbonyl (C=O) groups is 5. The number of amides is 3. The Labute approximate surface area is 368 Å². The van der Waals surface area contributed by atoms with Crippen LogP contribution in [-0.4, -0.2) is 84.5 Å². The van der Waals surface area contributed by atoms with Gasteiger partial charge in [0.25, 0.3) is 0 Å². The smallest absolute Gasteiger partial charge is 0.245 e. The SMILES string of the molecule is CN[C@@H](Cc1ccccc1)C(=O)N[C@@H](CCCCN)C(=O)N1CCC[C@H]1C(=O)C(NC(=O)[C@@H](N)CC1CCCCC1)(C(=O)[C@H](N)CC1CCCCC1)c1ccc2ccccc2c1. The Hall–Kier alpha value is -4.49. The molecule has 6 atom stereocenters. The van der Waals surface area contributed by atoms with Gasteiger partial charge in [0.2, 0.25) is 17.7 Å². The molecular formula is C50H71N7O5. The zero-order valence-electron chi connectivity index (χ0n) is 36.8. The van der Waals surface area contributed by atoms with Crippen molar-refractivity contribution < 1.29 is 24.0 Å². The predicted molar refractivity (Wildman–Crippen MR) is 245 cm³/mol. The van der Waals surface area contributed by atoms with E-state index in [1.165, 1.54) is 4.90 Å². The molecule has 0 radical (unpaired) electrons. The Morgan fingerprint density at radius 3 is 1.98 bits per heavy atom. The molecule has 1 saturated heterocycles. The molecular weight excluding hydrogens is 779 g/mol. The van der Waals surface area contributed by atoms with E-state index >= 15 is 9.59 Å². The number of nitrogens with two attached hydrogens (primary N) is 3. The van der Waals surface area contributed by atoms with Gasteiger partial charge in [-0.2, -0.15) is 0 Å². The molecule has 3 aromatic rings. The second kappa shape index (κ2) is 22.7. The molecule has 0 bridgehead atoms. The second-order valence-electron chi connectivity index (χ2n) is 18.3. The van der Waals surface area contributed by atoms with Crippen LogP contribution in [0.2, 0.25) is 0 Å². The van der Waals surface area contributed by atoms with Gasteiger partial charge in [0.05, 0.1) is 24.2 Å². The molecule has 6 rings (SSSR count). The molecule has 3 aliphatic rings. The minimum Gasteiger partial charge on any atom is -0.343 e. The standard InChI is InChI=1S/C50H71N7O5/c1-54-43(32-36-20-9-4-10-21-36)48(61)55-42(24-13-14-28-51)49(62)57-29-15-25-44(57)46(59)50(39-27-26-37-22-11-12-23-38(37)33-39,45(58)40(52)30-34-16-5-2-6-17-34)56-47(60)41(53)31-35-18-7-3-8-19-35/h4,9-12,20-23,26-27,33-35,40-44,54H,2-3,5-8,13-19,24-25,28-32,51-53H2,1H3,(H,55,61)(H,56,60)/t40-,41+,42+,43+,44+,50?/m1/s1. The number of ketones is 2. The van der Waals surface area contributed by atoms with Gasteiger partial charge in [0, 0.05) is 6.54 Å². The lowest BCUT2D eigenvalue weighted by Gasteiger charge is -2.40. The Kier molecular flexibility index (Phi) is 17.2. The number of benzene rings is 3. The van der Waals surface area contributed by atoms with Crippen LogP contribution < -0.4 is 33.2 Å². The summed E-state index contributed by atoms with van der Waals surface area (Å²) in [6, 6.07) is 18.0. The van der Waals surface area contributed by atoms with Crippen LogP contribution in [0.4, 0.5) is 0 Å². The van der Waals surface area contributed by atoms with Gasteiger partial charge in [-0.3, -0.25) is 24.0 Å². The highest BCUT2D eigenvalue weighted by Crippen LogP contribution is 2.36. The van der Waals surface area contributed by atoms with Crippen LogP contribution in [0.25, 0.3) is 10.8 Å². The van der Waals surface area contributed by atoms with Crippen molar-refractivity contribution in [2.24, 2.45) is 29.0 Å². The van der Waals surface area contributed by atoms with Crippen molar-refractivity contribution in [1.82, 2.24) is 20.9 Å². The monoisotopic (exact) mass is 850 g/mol. The number of hydrogen-bond donors (Lipinski definition) is 6. The van der Waals surface area contributed by atoms with Gasteiger partial charge in [-0.05, 0) is 105 Å². The van der Waals surface area contributed by atoms with Gasteiger partial charge in [0.1, 0.15) is 6.04 Å². The minimum absolute atomic E-state index is 0.210. The maximum Gasteiger partial charge on any atom is 0.245 e. The van der Waals surface area contributed by atoms with Gasteiger partial charge in [0.15, 0.2) is 17.1 Å². The molecule has 9 N–H and O–H groups in total. The average Bonchev–Trinajstić information content (AvgIpc) is 3.80. The van der Waals surface area contributed by atoms with Crippen molar-refractivity contribution in [2.45, 2.75) is 151 Å². The molecule has 336 valence electrons. The van der Waals surface area contributed by atoms with E-state index in [2.05, 4.69) is 16.0 Å². The Morgan fingerprint density at radius 2 is 1.34 bits per heavy atom. The Bertz CT molecular complexity index is 1960. The molecule has 3 aromatic carbocycles. The number of carbonyl (C=O) groups excluding carboxylic acids is 5. The number of fused-ring (bicyclic) bond motifs is 1. The molecule has 0 aromatic heterocycles. The Balaban J connectivity index is 1.38. The lowest BCUT2D eigenvalue weighted by molar-refractivity contribution is -0.149. The summed E-state index contributed by atoms with van der Waals surface area (Å²) in [6.07, 6.45) is 13.9. The van der Waals surface area contributed by atoms with E-state index < -0.39 is 59.1 Å². The fourth-order valence-corrected chi connectivity index (χ4v) is 10.3. The first-order chi connectivity index (χ1) is 30.0. The van der Waals surface area contributed by atoms with Gasteiger partial charge in [-0.1, -0.05) is 131 Å². The second-order valence-corrected chi connectivity index (χ2v) is 18.3. The largest absolute Gasteiger partial charge is 0.343 e. The van der Waals surface area contributed by atoms with Crippen molar-refractivity contribution in [1.29, 1.82) is 0 Å². The first-order valence-electron chi connectivity index (χ1n) is 23.5. The van der Waals surface area contributed by atoms with Crippen molar-refractivity contribution in [3.8, 4) is 0 Å². The third kappa shape index (κ3) is 11.5. The van der Waals surface area contributed by atoms with Crippen LogP contribution in [0.1, 0.15) is 120 Å². The van der Waals surface area contributed by atoms with Crippen LogP contribution in [-0.2, 0) is 35.9 Å². The lowest BCUT2D eigenvalue weighted by Crippen LogP contribution is -2.67. The summed E-state index contributed by atoms with van der Waals surface area (Å²) in [5.74, 6) is -2.05. The topological polar surface area (TPSA) is 203 Å². The minimum atomic E-state index is -2.24. The van der Waals surface area contributed by atoms with Crippen LogP contribution >= 0.6 is 0 Å². The highest BCUT2D eigenvalue weighted by Gasteiger charge is 2.55. The number of likely N-dealkylation sites (N-methyl/N-ethyl adjacent to an activating group) is 1. The van der Waals surface area contributed by atoms with Gasteiger partial charge >= 0.3 is 0 Å². The zero-order valence-corrected chi connectivity index (χ0v) is 36.8. The summed E-state index contributed by atoms with van der Waals surface area (Å²) >= 11 is 0. The third-order valence-corrected chi connectivity index (χ3v) is 13.9. The van der Waals surface area contributed by atoms with E-state index in [0.29, 0.717) is 57.1 Å². The maximum atomic E-state index is 15.9. The molecule has 0 spiro atoms. The van der Waals surface area contributed by atoms with E-state index in [1.54, 1.807) is 19.2 Å². The summed E-state index contributed by atoms with van der Waals surface area (Å²) in [5, 5.41) is 10.8. The van der Waals surface area contributed by atoms with Crippen molar-refractivity contribution in [3.05, 3.63) is 83.9 Å². The summed E-state index contributed by atoms with van der Waals surface area (Å²) < 4.78 is 0. The maximum absolute atomic E-state index is 15.9. The van der Waals surface area contributed by atoms with E-state index in [4.69, 9.17) is 17.2 Å². The van der Waals surface area contributed by atoms with Crippen molar-refractivity contribution >= 4 is 40.1 Å². The normalized spacial score (nSPS) is 20.5. The summed E-state index contributed by atoms with van der Waals surface area (Å²) in [7, 11) is 1.71. The fourth-order valence-electron chi connectivity index (χ4n) is 10.3. The number of Topliss-reactive ketones (excluding diaryl/α,β-unsaturated/α-hetero) is 2. The van der Waals surface area contributed by atoms with E-state index in [-0.39, 0.29) is 30.7 Å². The van der Waals surface area contributed by atoms with E-state index in [1.807, 2.05) is 60.7 Å². The molecule has 62 heavy (non-hydrogen) atoms. The number of nitrogens with one attached hydrogen (secondary N) is 3. The number of nitrogens with zero attached hydrogens (tertiary/aromatic N) is 1. The average molecular weight is 850 g/mol. The summed E-state index contributed by atoms with van der Waals surface area (Å²) in [5.41, 5.74) is 18.6. The predicted octanol–water partition coefficient (Wildman–Crippen LogP) is 5.32. The van der Waals surface area contributed by atoms with E-state index in [9.17, 15) is 14.4 Å². The summed E-state index contributed by atoms with van der Waals surface area (Å²) in [4.78, 5) is 76.4. The molecule has 12 heteroatoms.